The number of carbonyl (C=O) groups is 4. The molecular formula is C90H130N12O13. The van der Waals surface area contributed by atoms with Gasteiger partial charge in [-0.1, -0.05) is 102 Å². The molecule has 628 valence electrons. The van der Waals surface area contributed by atoms with Gasteiger partial charge >= 0.3 is 5.97 Å². The van der Waals surface area contributed by atoms with Gasteiger partial charge in [-0.2, -0.15) is 10.1 Å². The third-order valence-electron chi connectivity index (χ3n) is 25.8. The van der Waals surface area contributed by atoms with Crippen molar-refractivity contribution >= 4 is 46.4 Å². The van der Waals surface area contributed by atoms with Gasteiger partial charge in [-0.15, -0.1) is 0 Å². The van der Waals surface area contributed by atoms with E-state index in [9.17, 15) is 44.7 Å². The molecule has 4 bridgehead atoms. The number of aromatic carboxylic acids is 1. The number of hydrogen-bond acceptors (Lipinski definition) is 21. The largest absolute Gasteiger partial charge is 0.496 e. The summed E-state index contributed by atoms with van der Waals surface area (Å²) in [7, 11) is 18.8. The SMILES string of the molecule is CN(C)CC(N)Cc1cccc(N)c1.COc1c(CN2O[C@@H](CO)[C@@H]([C@H](C)O)[C@H]2C(=O)N[C@H]2C[C@H]3C[C@@H]([C@@H]2C)C3(C)C)cccc1-c1cc(C(=O)N[C@@H](Cc2cccc(N)c2)CN(C)C)cc(N(C)C)c1.COc1c(CN2O[C@@H](CO)[C@@H]([C@H](C)O)[C@H]2C(=O)N[C@H]2C[C@H]3C[C@@H]([C@@H]2C)C3(C)C)cccc1-c1cc(C(=O)O)cc(N(C)C)c1. The molecule has 8 fully saturated rings. The molecule has 6 aromatic rings. The summed E-state index contributed by atoms with van der Waals surface area (Å²) in [6, 6.07) is 36.3. The molecule has 2 aliphatic heterocycles. The van der Waals surface area contributed by atoms with Crippen LogP contribution in [-0.2, 0) is 45.2 Å². The number of ether oxygens (including phenoxy) is 2. The number of rotatable bonds is 29. The molecule has 14 rings (SSSR count). The van der Waals surface area contributed by atoms with Crippen LogP contribution in [-0.4, -0.2) is 227 Å². The number of nitrogens with zero attached hydrogens (tertiary/aromatic N) is 6. The number of nitrogens with two attached hydrogens (primary N) is 3. The lowest BCUT2D eigenvalue weighted by Crippen LogP contribution is -2.62. The number of carboxylic acids is 1. The van der Waals surface area contributed by atoms with Crippen molar-refractivity contribution in [3.8, 4) is 33.8 Å². The minimum Gasteiger partial charge on any atom is -0.496 e. The van der Waals surface area contributed by atoms with Crippen LogP contribution >= 0.6 is 0 Å². The van der Waals surface area contributed by atoms with Crippen molar-refractivity contribution in [2.24, 2.45) is 63.9 Å². The van der Waals surface area contributed by atoms with E-state index in [0.29, 0.717) is 87.9 Å². The highest BCUT2D eigenvalue weighted by molar-refractivity contribution is 5.97. The molecule has 2 saturated heterocycles. The van der Waals surface area contributed by atoms with Crippen molar-refractivity contribution in [3.63, 3.8) is 0 Å². The lowest BCUT2D eigenvalue weighted by Gasteiger charge is -2.62. The zero-order valence-corrected chi connectivity index (χ0v) is 70.8. The number of likely N-dealkylation sites (N-methyl/N-ethyl adjacent to an activating group) is 2. The number of para-hydroxylation sites is 2. The Balaban J connectivity index is 0.000000212. The van der Waals surface area contributed by atoms with Crippen molar-refractivity contribution in [1.82, 2.24) is 35.9 Å². The molecule has 6 saturated carbocycles. The first-order valence-electron chi connectivity index (χ1n) is 40.7. The summed E-state index contributed by atoms with van der Waals surface area (Å²) in [5, 5.41) is 65.2. The zero-order valence-electron chi connectivity index (χ0n) is 70.8. The van der Waals surface area contributed by atoms with Gasteiger partial charge in [-0.05, 0) is 210 Å². The molecular weight excluding hydrogens is 1460 g/mol. The fourth-order valence-electron chi connectivity index (χ4n) is 19.4. The van der Waals surface area contributed by atoms with E-state index >= 15 is 0 Å². The standard InChI is InChI=1S/C45H64N6O6.C34H47N3O7.C11H19N3/c1-26-37-21-32(45(37,3)4)22-38(26)48-44(55)41-40(27(2)53)39(25-52)57-51(41)23-29-13-11-15-36(42(29)56-9)30-18-31(20-35(19-30)50(7)8)43(54)47-34(24-49(5)6)17-28-12-10-14-33(46)16-28;1-18-26-14-23(34(26,3)4)15-27(18)35-32(40)30-29(19(2)39)28(17-38)44-37(30)16-20-9-8-10-25(31(20)43-7)21-11-22(33(41)42)13-24(12-21)36(5)6;1-14(2)8-11(13)7-9-4-3-5-10(12)6-9/h10-16,18-20,26-27,32,34,37-41,52-53H,17,21-25,46H2,1-9H3,(H,47,54)(H,48,55);8-13,18-19,23,26-30,38-39H,14-17H2,1-7H3,(H,35,40)(H,41,42);3-6,11H,7-8,12-13H2,1-2H3/t26-,27-,32+,34-,37-,38-,39-,40+,41-;18-,19-,23+,26-,27-,28-,29+,30-;/m00./s1. The van der Waals surface area contributed by atoms with Crippen molar-refractivity contribution in [3.05, 3.63) is 155 Å². The van der Waals surface area contributed by atoms with Crippen LogP contribution in [0.5, 0.6) is 11.5 Å². The summed E-state index contributed by atoms with van der Waals surface area (Å²) in [6.07, 6.45) is 2.41. The van der Waals surface area contributed by atoms with E-state index in [1.807, 2.05) is 169 Å². The average Bonchev–Trinajstić information content (AvgIpc) is 1.07. The maximum Gasteiger partial charge on any atom is 0.335 e. The molecule has 1 unspecified atom stereocenters. The second-order valence-electron chi connectivity index (χ2n) is 35.4. The fourth-order valence-corrected chi connectivity index (χ4v) is 19.4. The summed E-state index contributed by atoms with van der Waals surface area (Å²) < 4.78 is 12.0. The highest BCUT2D eigenvalue weighted by atomic mass is 16.7. The number of methoxy groups -OCH3 is 2. The molecule has 0 aromatic heterocycles. The normalized spacial score (nSPS) is 26.1. The van der Waals surface area contributed by atoms with Crippen molar-refractivity contribution in [2.75, 3.05) is 118 Å². The van der Waals surface area contributed by atoms with Gasteiger partial charge in [0.15, 0.2) is 0 Å². The molecule has 0 spiro atoms. The fraction of sp³-hybridized carbons (Fsp3) is 0.556. The predicted molar refractivity (Wildman–Crippen MR) is 453 cm³/mol. The Hall–Kier alpha value is -8.44. The van der Waals surface area contributed by atoms with Gasteiger partial charge in [-0.25, -0.2) is 4.79 Å². The Kier molecular flexibility index (Phi) is 29.3. The number of fused-ring (bicyclic) bond motifs is 4. The molecule has 2 heterocycles. The van der Waals surface area contributed by atoms with Crippen LogP contribution in [0.2, 0.25) is 0 Å². The number of hydrogen-bond donors (Lipinski definition) is 11. The Bertz CT molecular complexity index is 4320. The molecule has 8 aliphatic rings. The van der Waals surface area contributed by atoms with Crippen molar-refractivity contribution < 1.29 is 63.9 Å². The van der Waals surface area contributed by atoms with E-state index in [0.717, 1.165) is 65.1 Å². The van der Waals surface area contributed by atoms with Crippen LogP contribution < -0.4 is 52.4 Å². The van der Waals surface area contributed by atoms with Crippen LogP contribution in [0.15, 0.2) is 121 Å². The molecule has 115 heavy (non-hydrogen) atoms. The van der Waals surface area contributed by atoms with Crippen LogP contribution in [0.4, 0.5) is 22.7 Å². The number of nitrogens with one attached hydrogen (secondary N) is 3. The zero-order chi connectivity index (χ0) is 84.0. The summed E-state index contributed by atoms with van der Waals surface area (Å²) >= 11 is 0. The summed E-state index contributed by atoms with van der Waals surface area (Å²) in [6.45, 7) is 18.2. The monoisotopic (exact) mass is 1590 g/mol. The van der Waals surface area contributed by atoms with E-state index in [2.05, 4.69) is 73.4 Å². The van der Waals surface area contributed by atoms with Crippen LogP contribution in [0.1, 0.15) is 124 Å². The minimum atomic E-state index is -1.03. The lowest BCUT2D eigenvalue weighted by molar-refractivity contribution is -0.183. The summed E-state index contributed by atoms with van der Waals surface area (Å²) in [5.41, 5.74) is 28.6. The van der Waals surface area contributed by atoms with Gasteiger partial charge in [-0.3, -0.25) is 24.1 Å². The van der Waals surface area contributed by atoms with Crippen molar-refractivity contribution in [1.29, 1.82) is 0 Å². The summed E-state index contributed by atoms with van der Waals surface area (Å²) in [4.78, 5) is 74.8. The first-order valence-corrected chi connectivity index (χ1v) is 40.7. The molecule has 18 atom stereocenters. The minimum absolute atomic E-state index is 0.0301. The number of aliphatic hydroxyl groups excluding tert-OH is 4. The Labute approximate surface area is 681 Å². The van der Waals surface area contributed by atoms with E-state index in [4.69, 9.17) is 36.3 Å². The number of carboxylic acid groups (broad SMARTS) is 1. The first-order chi connectivity index (χ1) is 54.4. The van der Waals surface area contributed by atoms with Gasteiger partial charge in [0.2, 0.25) is 11.8 Å². The number of nitrogen functional groups attached to an aromatic ring is 2. The molecule has 6 aromatic carbocycles. The van der Waals surface area contributed by atoms with E-state index in [1.165, 1.54) is 18.4 Å². The van der Waals surface area contributed by atoms with Gasteiger partial charge < -0.3 is 87.8 Å². The van der Waals surface area contributed by atoms with Gasteiger partial charge in [0.1, 0.15) is 35.8 Å². The second-order valence-corrected chi connectivity index (χ2v) is 35.4. The van der Waals surface area contributed by atoms with Crippen LogP contribution in [0.3, 0.4) is 0 Å². The first kappa shape index (κ1) is 88.9. The predicted octanol–water partition coefficient (Wildman–Crippen LogP) is 9.06. The van der Waals surface area contributed by atoms with Crippen molar-refractivity contribution in [2.45, 2.75) is 168 Å². The molecule has 6 aliphatic carbocycles. The lowest BCUT2D eigenvalue weighted by atomic mass is 9.45. The number of benzene rings is 6. The smallest absolute Gasteiger partial charge is 0.335 e. The Morgan fingerprint density at radius 3 is 1.34 bits per heavy atom. The van der Waals surface area contributed by atoms with E-state index in [-0.39, 0.29) is 84.6 Å². The van der Waals surface area contributed by atoms with Gasteiger partial charge in [0, 0.05) is 128 Å². The third-order valence-corrected chi connectivity index (χ3v) is 25.8. The molecule has 25 heteroatoms. The second kappa shape index (κ2) is 37.9. The average molecular weight is 1590 g/mol. The summed E-state index contributed by atoms with van der Waals surface area (Å²) in [5.74, 6) is 1.04. The highest BCUT2D eigenvalue weighted by Gasteiger charge is 2.59. The molecule has 0 radical (unpaired) electrons. The van der Waals surface area contributed by atoms with Gasteiger partial charge in [0.05, 0.1) is 58.3 Å². The molecule has 25 nitrogen and oxygen atoms in total. The topological polar surface area (TPSA) is 340 Å². The number of hydroxylamine groups is 4. The molecule has 3 amide bonds. The Morgan fingerprint density at radius 1 is 0.565 bits per heavy atom. The number of carbonyl (C=O) groups excluding carboxylic acids is 3. The maximum absolute atomic E-state index is 14.3. The number of aliphatic hydroxyl groups is 4. The van der Waals surface area contributed by atoms with Crippen LogP contribution in [0, 0.1) is 58.2 Å². The quantitative estimate of drug-likeness (QED) is 0.0195. The Morgan fingerprint density at radius 2 is 0.974 bits per heavy atom. The van der Waals surface area contributed by atoms with Crippen LogP contribution in [0.25, 0.3) is 22.3 Å². The number of amides is 3. The molecule has 14 N–H and O–H groups in total. The third kappa shape index (κ3) is 20.4. The highest BCUT2D eigenvalue weighted by Crippen LogP contribution is 2.62. The van der Waals surface area contributed by atoms with E-state index in [1.54, 1.807) is 50.3 Å². The van der Waals surface area contributed by atoms with Gasteiger partial charge in [0.25, 0.3) is 5.91 Å². The maximum atomic E-state index is 14.3. The van der Waals surface area contributed by atoms with E-state index < -0.39 is 54.3 Å². The number of anilines is 4.